The van der Waals surface area contributed by atoms with Crippen molar-refractivity contribution in [2.75, 3.05) is 39.8 Å². The molecule has 0 aromatic carbocycles. The highest BCUT2D eigenvalue weighted by atomic mass is 32.1. The molecule has 0 amide bonds. The zero-order valence-corrected chi connectivity index (χ0v) is 19.4. The molecular formula is C22H41N5S. The molecule has 160 valence electrons. The van der Waals surface area contributed by atoms with E-state index in [2.05, 4.69) is 70.6 Å². The molecule has 6 heteroatoms. The van der Waals surface area contributed by atoms with Crippen LogP contribution in [-0.2, 0) is 6.54 Å². The number of thiophene rings is 1. The van der Waals surface area contributed by atoms with Crippen LogP contribution in [0.15, 0.2) is 22.5 Å². The van der Waals surface area contributed by atoms with E-state index in [0.717, 1.165) is 38.6 Å². The molecule has 1 aromatic rings. The van der Waals surface area contributed by atoms with Gasteiger partial charge in [-0.3, -0.25) is 14.8 Å². The molecular weight excluding hydrogens is 366 g/mol. The van der Waals surface area contributed by atoms with Crippen molar-refractivity contribution in [2.45, 2.75) is 65.6 Å². The van der Waals surface area contributed by atoms with Gasteiger partial charge >= 0.3 is 0 Å². The summed E-state index contributed by atoms with van der Waals surface area (Å²) in [4.78, 5) is 11.0. The molecule has 1 aromatic heterocycles. The van der Waals surface area contributed by atoms with Gasteiger partial charge in [-0.15, -0.1) is 11.3 Å². The van der Waals surface area contributed by atoms with Crippen LogP contribution in [0.5, 0.6) is 0 Å². The van der Waals surface area contributed by atoms with Crippen LogP contribution in [0.3, 0.4) is 0 Å². The molecule has 1 fully saturated rings. The van der Waals surface area contributed by atoms with Crippen LogP contribution < -0.4 is 10.6 Å². The minimum atomic E-state index is 0.598. The predicted octanol–water partition coefficient (Wildman–Crippen LogP) is 3.63. The second-order valence-corrected chi connectivity index (χ2v) is 9.51. The molecule has 2 rings (SSSR count). The molecule has 2 heterocycles. The van der Waals surface area contributed by atoms with E-state index in [1.54, 1.807) is 0 Å². The van der Waals surface area contributed by atoms with Gasteiger partial charge in [0.2, 0.25) is 0 Å². The van der Waals surface area contributed by atoms with E-state index in [-0.39, 0.29) is 0 Å². The van der Waals surface area contributed by atoms with Gasteiger partial charge in [-0.25, -0.2) is 0 Å². The summed E-state index contributed by atoms with van der Waals surface area (Å²) in [6, 6.07) is 5.60. The van der Waals surface area contributed by atoms with E-state index < -0.39 is 0 Å². The van der Waals surface area contributed by atoms with Crippen molar-refractivity contribution in [1.82, 2.24) is 20.4 Å². The van der Waals surface area contributed by atoms with Crippen LogP contribution in [0.25, 0.3) is 0 Å². The second-order valence-electron chi connectivity index (χ2n) is 8.48. The van der Waals surface area contributed by atoms with E-state index in [1.807, 2.05) is 18.4 Å². The highest BCUT2D eigenvalue weighted by molar-refractivity contribution is 7.09. The molecule has 5 nitrogen and oxygen atoms in total. The Morgan fingerprint density at radius 3 is 2.71 bits per heavy atom. The van der Waals surface area contributed by atoms with Gasteiger partial charge in [0.05, 0.1) is 0 Å². The highest BCUT2D eigenvalue weighted by Crippen LogP contribution is 2.19. The van der Waals surface area contributed by atoms with E-state index in [9.17, 15) is 0 Å². The number of aliphatic imine (C=N–C) groups is 1. The number of piperidine rings is 1. The summed E-state index contributed by atoms with van der Waals surface area (Å²) in [7, 11) is 1.87. The average molecular weight is 408 g/mol. The molecule has 1 aliphatic rings. The number of nitrogens with one attached hydrogen (secondary N) is 2. The van der Waals surface area contributed by atoms with E-state index in [0.29, 0.717) is 18.0 Å². The maximum atomic E-state index is 4.41. The number of rotatable bonds is 10. The first-order valence-corrected chi connectivity index (χ1v) is 11.8. The molecule has 0 radical (unpaired) electrons. The molecule has 1 atom stereocenters. The lowest BCUT2D eigenvalue weighted by Crippen LogP contribution is -2.45. The fraction of sp³-hybridized carbons (Fsp3) is 0.773. The largest absolute Gasteiger partial charge is 0.356 e. The van der Waals surface area contributed by atoms with Crippen LogP contribution in [0.4, 0.5) is 0 Å². The Morgan fingerprint density at radius 2 is 2.07 bits per heavy atom. The zero-order chi connectivity index (χ0) is 20.4. The van der Waals surface area contributed by atoms with Gasteiger partial charge in [0.15, 0.2) is 5.96 Å². The lowest BCUT2D eigenvalue weighted by atomic mass is 9.98. The van der Waals surface area contributed by atoms with Crippen LogP contribution >= 0.6 is 11.3 Å². The van der Waals surface area contributed by atoms with Crippen LogP contribution in [0.2, 0.25) is 0 Å². The standard InChI is InChI=1S/C22H41N5S/c1-18(2)27(19(3)4)13-8-11-24-22(23-5)25-15-20-9-6-12-26(16-20)17-21-10-7-14-28-21/h7,10,14,18-20H,6,8-9,11-13,15-17H2,1-5H3,(H2,23,24,25). The zero-order valence-electron chi connectivity index (χ0n) is 18.6. The van der Waals surface area contributed by atoms with Crippen LogP contribution in [0.1, 0.15) is 51.8 Å². The molecule has 0 spiro atoms. The van der Waals surface area contributed by atoms with Crippen LogP contribution in [0, 0.1) is 5.92 Å². The van der Waals surface area contributed by atoms with Crippen molar-refractivity contribution >= 4 is 17.3 Å². The van der Waals surface area contributed by atoms with Crippen molar-refractivity contribution in [3.05, 3.63) is 22.4 Å². The first-order chi connectivity index (χ1) is 13.5. The van der Waals surface area contributed by atoms with Crippen molar-refractivity contribution in [3.63, 3.8) is 0 Å². The molecule has 1 unspecified atom stereocenters. The fourth-order valence-corrected chi connectivity index (χ4v) is 4.87. The minimum Gasteiger partial charge on any atom is -0.356 e. The summed E-state index contributed by atoms with van der Waals surface area (Å²) in [5.41, 5.74) is 0. The van der Waals surface area contributed by atoms with Gasteiger partial charge in [0.25, 0.3) is 0 Å². The summed E-state index contributed by atoms with van der Waals surface area (Å²) in [5, 5.41) is 9.22. The number of likely N-dealkylation sites (tertiary alicyclic amines) is 1. The van der Waals surface area contributed by atoms with E-state index in [4.69, 9.17) is 0 Å². The number of hydrogen-bond acceptors (Lipinski definition) is 4. The molecule has 28 heavy (non-hydrogen) atoms. The number of nitrogens with zero attached hydrogens (tertiary/aromatic N) is 3. The summed E-state index contributed by atoms with van der Waals surface area (Å²) >= 11 is 1.87. The third-order valence-electron chi connectivity index (χ3n) is 5.56. The van der Waals surface area contributed by atoms with Gasteiger partial charge in [0, 0.05) is 56.7 Å². The molecule has 0 aliphatic carbocycles. The SMILES string of the molecule is CN=C(NCCCN(C(C)C)C(C)C)NCC1CCCN(Cc2cccs2)C1. The third-order valence-corrected chi connectivity index (χ3v) is 6.42. The predicted molar refractivity (Wildman–Crippen MR) is 123 cm³/mol. The second kappa shape index (κ2) is 12.5. The first-order valence-electron chi connectivity index (χ1n) is 10.9. The Hall–Kier alpha value is -1.11. The van der Waals surface area contributed by atoms with E-state index >= 15 is 0 Å². The lowest BCUT2D eigenvalue weighted by molar-refractivity contribution is 0.169. The molecule has 0 bridgehead atoms. The monoisotopic (exact) mass is 407 g/mol. The topological polar surface area (TPSA) is 42.9 Å². The van der Waals surface area contributed by atoms with Gasteiger partial charge in [-0.1, -0.05) is 6.07 Å². The van der Waals surface area contributed by atoms with Crippen molar-refractivity contribution in [2.24, 2.45) is 10.9 Å². The Kier molecular flexibility index (Phi) is 10.3. The Morgan fingerprint density at radius 1 is 1.29 bits per heavy atom. The van der Waals surface area contributed by atoms with Gasteiger partial charge < -0.3 is 10.6 Å². The maximum Gasteiger partial charge on any atom is 0.190 e. The number of guanidine groups is 1. The Bertz CT molecular complexity index is 547. The summed E-state index contributed by atoms with van der Waals surface area (Å²) in [5.74, 6) is 1.64. The fourth-order valence-electron chi connectivity index (χ4n) is 4.13. The van der Waals surface area contributed by atoms with Crippen molar-refractivity contribution in [1.29, 1.82) is 0 Å². The average Bonchev–Trinajstić information content (AvgIpc) is 3.16. The highest BCUT2D eigenvalue weighted by Gasteiger charge is 2.20. The van der Waals surface area contributed by atoms with Crippen molar-refractivity contribution < 1.29 is 0 Å². The third kappa shape index (κ3) is 8.10. The van der Waals surface area contributed by atoms with Gasteiger partial charge in [-0.2, -0.15) is 0 Å². The molecule has 1 saturated heterocycles. The first kappa shape index (κ1) is 23.2. The Balaban J connectivity index is 1.66. The smallest absolute Gasteiger partial charge is 0.190 e. The maximum absolute atomic E-state index is 4.41. The lowest BCUT2D eigenvalue weighted by Gasteiger charge is -2.33. The molecule has 0 saturated carbocycles. The summed E-state index contributed by atoms with van der Waals surface area (Å²) in [6.07, 6.45) is 3.74. The summed E-state index contributed by atoms with van der Waals surface area (Å²) in [6.45, 7) is 15.7. The van der Waals surface area contributed by atoms with Crippen molar-refractivity contribution in [3.8, 4) is 0 Å². The van der Waals surface area contributed by atoms with Gasteiger partial charge in [-0.05, 0) is 70.9 Å². The normalized spacial score (nSPS) is 19.0. The number of hydrogen-bond donors (Lipinski definition) is 2. The minimum absolute atomic E-state index is 0.598. The van der Waals surface area contributed by atoms with Crippen LogP contribution in [-0.4, -0.2) is 67.6 Å². The summed E-state index contributed by atoms with van der Waals surface area (Å²) < 4.78 is 0. The quantitative estimate of drug-likeness (QED) is 0.353. The van der Waals surface area contributed by atoms with E-state index in [1.165, 1.54) is 30.8 Å². The Labute approximate surface area is 176 Å². The molecule has 1 aliphatic heterocycles. The molecule has 2 N–H and O–H groups in total. The van der Waals surface area contributed by atoms with Gasteiger partial charge in [0.1, 0.15) is 0 Å².